The van der Waals surface area contributed by atoms with Crippen LogP contribution in [-0.2, 0) is 14.8 Å². The standard InChI is InChI=1S/C23H25N3O5S/c1-16-22(17(2)31-25-16)32(28,29)26-14-12-18(13-15-26)23(27)24-19-8-10-21(11-9-19)30-20-6-4-3-5-7-20/h3-11,18H,12-15H2,1-2H3,(H,24,27). The molecule has 0 radical (unpaired) electrons. The molecular formula is C23H25N3O5S. The van der Waals surface area contributed by atoms with Crippen LogP contribution >= 0.6 is 0 Å². The van der Waals surface area contributed by atoms with Crippen molar-refractivity contribution in [3.8, 4) is 11.5 Å². The van der Waals surface area contributed by atoms with E-state index in [-0.39, 0.29) is 35.6 Å². The highest BCUT2D eigenvalue weighted by Crippen LogP contribution is 2.28. The second-order valence-corrected chi connectivity index (χ2v) is 9.64. The molecular weight excluding hydrogens is 430 g/mol. The zero-order valence-electron chi connectivity index (χ0n) is 17.9. The molecule has 2 aromatic carbocycles. The lowest BCUT2D eigenvalue weighted by molar-refractivity contribution is -0.120. The van der Waals surface area contributed by atoms with Crippen LogP contribution in [-0.4, -0.2) is 36.9 Å². The van der Waals surface area contributed by atoms with E-state index in [9.17, 15) is 13.2 Å². The number of aromatic nitrogens is 1. The number of nitrogens with one attached hydrogen (secondary N) is 1. The Kier molecular flexibility index (Phi) is 6.29. The molecule has 9 heteroatoms. The molecule has 1 N–H and O–H groups in total. The molecule has 0 aliphatic carbocycles. The van der Waals surface area contributed by atoms with Gasteiger partial charge in [0.25, 0.3) is 0 Å². The van der Waals surface area contributed by atoms with E-state index in [0.29, 0.717) is 30.0 Å². The van der Waals surface area contributed by atoms with Gasteiger partial charge in [0, 0.05) is 24.7 Å². The molecule has 0 atom stereocenters. The van der Waals surface area contributed by atoms with Gasteiger partial charge in [-0.05, 0) is 63.1 Å². The first kappa shape index (κ1) is 22.0. The minimum Gasteiger partial charge on any atom is -0.457 e. The lowest BCUT2D eigenvalue weighted by atomic mass is 9.97. The SMILES string of the molecule is Cc1noc(C)c1S(=O)(=O)N1CCC(C(=O)Nc2ccc(Oc3ccccc3)cc2)CC1. The normalized spacial score (nSPS) is 15.4. The molecule has 32 heavy (non-hydrogen) atoms. The van der Waals surface area contributed by atoms with Crippen LogP contribution in [0.4, 0.5) is 5.69 Å². The van der Waals surface area contributed by atoms with Crippen molar-refractivity contribution in [3.05, 3.63) is 66.1 Å². The third-order valence-electron chi connectivity index (χ3n) is 5.49. The van der Waals surface area contributed by atoms with Crippen LogP contribution in [0.25, 0.3) is 0 Å². The van der Waals surface area contributed by atoms with Gasteiger partial charge in [-0.15, -0.1) is 0 Å². The monoisotopic (exact) mass is 455 g/mol. The van der Waals surface area contributed by atoms with Crippen LogP contribution in [0.1, 0.15) is 24.3 Å². The number of anilines is 1. The lowest BCUT2D eigenvalue weighted by Crippen LogP contribution is -2.41. The molecule has 0 unspecified atom stereocenters. The number of benzene rings is 2. The second kappa shape index (κ2) is 9.13. The number of carbonyl (C=O) groups excluding carboxylic acids is 1. The van der Waals surface area contributed by atoms with Crippen molar-refractivity contribution in [1.29, 1.82) is 0 Å². The summed E-state index contributed by atoms with van der Waals surface area (Å²) in [7, 11) is -3.69. The smallest absolute Gasteiger partial charge is 0.248 e. The van der Waals surface area contributed by atoms with Crippen molar-refractivity contribution in [2.24, 2.45) is 5.92 Å². The number of hydrogen-bond donors (Lipinski definition) is 1. The van der Waals surface area contributed by atoms with Crippen molar-refractivity contribution in [2.45, 2.75) is 31.6 Å². The number of hydrogen-bond acceptors (Lipinski definition) is 6. The number of rotatable bonds is 6. The fourth-order valence-electron chi connectivity index (χ4n) is 3.81. The molecule has 0 saturated carbocycles. The molecule has 0 spiro atoms. The molecule has 1 fully saturated rings. The molecule has 1 saturated heterocycles. The maximum atomic E-state index is 12.9. The molecule has 2 heterocycles. The number of para-hydroxylation sites is 1. The predicted molar refractivity (Wildman–Crippen MR) is 119 cm³/mol. The summed E-state index contributed by atoms with van der Waals surface area (Å²) in [4.78, 5) is 12.8. The minimum atomic E-state index is -3.69. The zero-order valence-corrected chi connectivity index (χ0v) is 18.8. The Morgan fingerprint density at radius 1 is 1.03 bits per heavy atom. The summed E-state index contributed by atoms with van der Waals surface area (Å²) in [6.45, 7) is 3.74. The van der Waals surface area contributed by atoms with Crippen LogP contribution < -0.4 is 10.1 Å². The first-order valence-electron chi connectivity index (χ1n) is 10.4. The maximum absolute atomic E-state index is 12.9. The summed E-state index contributed by atoms with van der Waals surface area (Å²) >= 11 is 0. The summed E-state index contributed by atoms with van der Waals surface area (Å²) in [5.41, 5.74) is 1.02. The predicted octanol–water partition coefficient (Wildman–Crippen LogP) is 4.12. The number of amides is 1. The van der Waals surface area contributed by atoms with E-state index >= 15 is 0 Å². The number of nitrogens with zero attached hydrogens (tertiary/aromatic N) is 2. The molecule has 8 nitrogen and oxygen atoms in total. The van der Waals surface area contributed by atoms with E-state index in [1.165, 1.54) is 4.31 Å². The number of carbonyl (C=O) groups is 1. The van der Waals surface area contributed by atoms with Crippen LogP contribution in [0.2, 0.25) is 0 Å². The second-order valence-electron chi connectivity index (χ2n) is 7.76. The molecule has 3 aromatic rings. The number of aryl methyl sites for hydroxylation is 2. The van der Waals surface area contributed by atoms with Gasteiger partial charge >= 0.3 is 0 Å². The van der Waals surface area contributed by atoms with E-state index in [4.69, 9.17) is 9.26 Å². The first-order valence-corrected chi connectivity index (χ1v) is 11.9. The van der Waals surface area contributed by atoms with Crippen molar-refractivity contribution in [2.75, 3.05) is 18.4 Å². The Bertz CT molecular complexity index is 1160. The minimum absolute atomic E-state index is 0.115. The van der Waals surface area contributed by atoms with Gasteiger partial charge in [0.05, 0.1) is 0 Å². The van der Waals surface area contributed by atoms with E-state index in [1.54, 1.807) is 38.1 Å². The molecule has 168 valence electrons. The summed E-state index contributed by atoms with van der Waals surface area (Å²) in [6.07, 6.45) is 0.896. The highest BCUT2D eigenvalue weighted by Gasteiger charge is 2.35. The summed E-state index contributed by atoms with van der Waals surface area (Å²) in [5, 5.41) is 6.66. The Labute approximate surface area is 187 Å². The third-order valence-corrected chi connectivity index (χ3v) is 7.63. The average molecular weight is 456 g/mol. The summed E-state index contributed by atoms with van der Waals surface area (Å²) < 4.78 is 38.0. The van der Waals surface area contributed by atoms with Crippen LogP contribution in [0.5, 0.6) is 11.5 Å². The Morgan fingerprint density at radius 2 is 1.66 bits per heavy atom. The molecule has 1 aliphatic rings. The highest BCUT2D eigenvalue weighted by atomic mass is 32.2. The number of ether oxygens (including phenoxy) is 1. The fourth-order valence-corrected chi connectivity index (χ4v) is 5.57. The van der Waals surface area contributed by atoms with Crippen molar-refractivity contribution in [3.63, 3.8) is 0 Å². The van der Waals surface area contributed by atoms with Crippen LogP contribution in [0.15, 0.2) is 64.0 Å². The third kappa shape index (κ3) is 4.68. The summed E-state index contributed by atoms with van der Waals surface area (Å²) in [5.74, 6) is 1.32. The van der Waals surface area contributed by atoms with Gasteiger partial charge in [-0.25, -0.2) is 8.42 Å². The van der Waals surface area contributed by atoms with Gasteiger partial charge in [0.2, 0.25) is 15.9 Å². The van der Waals surface area contributed by atoms with E-state index in [0.717, 1.165) is 5.75 Å². The number of piperidine rings is 1. The quantitative estimate of drug-likeness (QED) is 0.600. The van der Waals surface area contributed by atoms with Gasteiger partial charge in [-0.1, -0.05) is 23.4 Å². The topological polar surface area (TPSA) is 102 Å². The molecule has 0 bridgehead atoms. The number of sulfonamides is 1. The van der Waals surface area contributed by atoms with E-state index in [1.807, 2.05) is 30.3 Å². The Hall–Kier alpha value is -3.17. The van der Waals surface area contributed by atoms with Gasteiger partial charge in [-0.3, -0.25) is 4.79 Å². The molecule has 1 aliphatic heterocycles. The van der Waals surface area contributed by atoms with Gasteiger partial charge < -0.3 is 14.6 Å². The van der Waals surface area contributed by atoms with Crippen LogP contribution in [0.3, 0.4) is 0 Å². The van der Waals surface area contributed by atoms with Crippen LogP contribution in [0, 0.1) is 19.8 Å². The molecule has 1 aromatic heterocycles. The maximum Gasteiger partial charge on any atom is 0.248 e. The Morgan fingerprint density at radius 3 is 2.25 bits per heavy atom. The highest BCUT2D eigenvalue weighted by molar-refractivity contribution is 7.89. The van der Waals surface area contributed by atoms with E-state index < -0.39 is 10.0 Å². The first-order chi connectivity index (χ1) is 15.3. The van der Waals surface area contributed by atoms with Gasteiger partial charge in [-0.2, -0.15) is 4.31 Å². The van der Waals surface area contributed by atoms with Crippen molar-refractivity contribution >= 4 is 21.6 Å². The van der Waals surface area contributed by atoms with Crippen molar-refractivity contribution < 1.29 is 22.5 Å². The largest absolute Gasteiger partial charge is 0.457 e. The van der Waals surface area contributed by atoms with Crippen molar-refractivity contribution in [1.82, 2.24) is 9.46 Å². The zero-order chi connectivity index (χ0) is 22.7. The van der Waals surface area contributed by atoms with Gasteiger partial charge in [0.1, 0.15) is 22.1 Å². The molecule has 1 amide bonds. The molecule has 4 rings (SSSR count). The van der Waals surface area contributed by atoms with Gasteiger partial charge in [0.15, 0.2) is 5.76 Å². The Balaban J connectivity index is 1.33. The lowest BCUT2D eigenvalue weighted by Gasteiger charge is -2.30. The average Bonchev–Trinajstić information content (AvgIpc) is 3.14. The van der Waals surface area contributed by atoms with E-state index in [2.05, 4.69) is 10.5 Å². The summed E-state index contributed by atoms with van der Waals surface area (Å²) in [6, 6.07) is 16.6. The fraction of sp³-hybridized carbons (Fsp3) is 0.304.